The van der Waals surface area contributed by atoms with Crippen LogP contribution < -0.4 is 4.74 Å². The van der Waals surface area contributed by atoms with E-state index in [1.807, 2.05) is 12.1 Å². The highest BCUT2D eigenvalue weighted by Gasteiger charge is 2.25. The number of sulfone groups is 1. The molecule has 0 saturated heterocycles. The van der Waals surface area contributed by atoms with Gasteiger partial charge in [-0.05, 0) is 68.4 Å². The van der Waals surface area contributed by atoms with Crippen LogP contribution >= 0.6 is 11.6 Å². The van der Waals surface area contributed by atoms with Crippen molar-refractivity contribution in [1.82, 2.24) is 25.0 Å². The van der Waals surface area contributed by atoms with Crippen LogP contribution in [0.15, 0.2) is 71.9 Å². The quantitative estimate of drug-likeness (QED) is 0.232. The smallest absolute Gasteiger partial charge is 0.175 e. The molecule has 5 aromatic rings. The highest BCUT2D eigenvalue weighted by Crippen LogP contribution is 2.37. The van der Waals surface area contributed by atoms with Crippen molar-refractivity contribution in [1.29, 1.82) is 0 Å². The van der Waals surface area contributed by atoms with E-state index in [-0.39, 0.29) is 11.4 Å². The molecule has 3 N–H and O–H groups in total. The third-order valence-corrected chi connectivity index (χ3v) is 7.88. The molecule has 0 radical (unpaired) electrons. The van der Waals surface area contributed by atoms with Gasteiger partial charge in [-0.15, -0.1) is 0 Å². The number of pyridine rings is 1. The monoisotopic (exact) mass is 581 g/mol. The number of nitrogens with zero attached hydrogens (tertiary/aromatic N) is 4. The van der Waals surface area contributed by atoms with Gasteiger partial charge in [0.2, 0.25) is 0 Å². The molecule has 208 valence electrons. The zero-order valence-electron chi connectivity index (χ0n) is 22.0. The largest absolute Gasteiger partial charge is 0.455 e. The highest BCUT2D eigenvalue weighted by molar-refractivity contribution is 7.90. The van der Waals surface area contributed by atoms with Crippen molar-refractivity contribution >= 4 is 32.3 Å². The maximum Gasteiger partial charge on any atom is 0.175 e. The van der Waals surface area contributed by atoms with Crippen molar-refractivity contribution in [2.75, 3.05) is 6.26 Å². The summed E-state index contributed by atoms with van der Waals surface area (Å²) in [5, 5.41) is 33.6. The van der Waals surface area contributed by atoms with Gasteiger partial charge in [0, 0.05) is 41.7 Å². The summed E-state index contributed by atoms with van der Waals surface area (Å²) >= 11 is 6.47. The molecule has 0 amide bonds. The van der Waals surface area contributed by atoms with Crippen LogP contribution in [0.25, 0.3) is 22.2 Å². The summed E-state index contributed by atoms with van der Waals surface area (Å²) in [7, 11) is -3.34. The molecule has 0 spiro atoms. The van der Waals surface area contributed by atoms with Gasteiger partial charge in [-0.25, -0.2) is 8.42 Å². The zero-order chi connectivity index (χ0) is 28.7. The van der Waals surface area contributed by atoms with E-state index < -0.39 is 21.5 Å². The van der Waals surface area contributed by atoms with Crippen molar-refractivity contribution in [3.63, 3.8) is 0 Å². The van der Waals surface area contributed by atoms with E-state index in [2.05, 4.69) is 20.3 Å². The molecular weight excluding hydrogens is 554 g/mol. The fraction of sp³-hybridized carbons (Fsp3) is 0.250. The minimum absolute atomic E-state index is 0.145. The second-order valence-corrected chi connectivity index (χ2v) is 12.6. The molecule has 12 heteroatoms. The summed E-state index contributed by atoms with van der Waals surface area (Å²) in [5.41, 5.74) is 2.09. The van der Waals surface area contributed by atoms with Crippen LogP contribution in [0.1, 0.15) is 25.2 Å². The number of halogens is 1. The first-order valence-electron chi connectivity index (χ1n) is 12.4. The summed E-state index contributed by atoms with van der Waals surface area (Å²) in [6.45, 7) is 3.24. The molecule has 5 rings (SSSR count). The molecule has 0 fully saturated rings. The molecule has 0 bridgehead atoms. The summed E-state index contributed by atoms with van der Waals surface area (Å²) in [4.78, 5) is 4.64. The van der Waals surface area contributed by atoms with Crippen LogP contribution in [0.2, 0.25) is 5.02 Å². The number of hydrogen-bond acceptors (Lipinski definition) is 8. The minimum atomic E-state index is -3.34. The molecule has 0 aliphatic carbocycles. The Morgan fingerprint density at radius 2 is 1.90 bits per heavy atom. The minimum Gasteiger partial charge on any atom is -0.455 e. The molecule has 1 atom stereocenters. The fourth-order valence-electron chi connectivity index (χ4n) is 4.15. The molecule has 0 saturated carbocycles. The van der Waals surface area contributed by atoms with Gasteiger partial charge < -0.3 is 14.9 Å². The number of aromatic nitrogens is 5. The van der Waals surface area contributed by atoms with Crippen molar-refractivity contribution in [3.05, 3.63) is 83.4 Å². The van der Waals surface area contributed by atoms with Crippen LogP contribution in [0.3, 0.4) is 0 Å². The van der Waals surface area contributed by atoms with Crippen LogP contribution in [0, 0.1) is 0 Å². The first kappa shape index (κ1) is 27.8. The Labute approximate surface area is 236 Å². The summed E-state index contributed by atoms with van der Waals surface area (Å²) in [6, 6.07) is 15.2. The van der Waals surface area contributed by atoms with Crippen LogP contribution in [-0.2, 0) is 22.8 Å². The van der Waals surface area contributed by atoms with Crippen LogP contribution in [0.4, 0.5) is 0 Å². The van der Waals surface area contributed by atoms with E-state index in [1.54, 1.807) is 61.3 Å². The van der Waals surface area contributed by atoms with Crippen LogP contribution in [-0.4, -0.2) is 61.6 Å². The lowest BCUT2D eigenvalue weighted by molar-refractivity contribution is -0.0566. The molecule has 0 aliphatic rings. The van der Waals surface area contributed by atoms with Gasteiger partial charge in [-0.1, -0.05) is 11.6 Å². The Morgan fingerprint density at radius 1 is 1.15 bits per heavy atom. The zero-order valence-corrected chi connectivity index (χ0v) is 23.6. The first-order chi connectivity index (χ1) is 18.9. The Kier molecular flexibility index (Phi) is 7.40. The van der Waals surface area contributed by atoms with E-state index in [9.17, 15) is 18.6 Å². The Bertz CT molecular complexity index is 1780. The van der Waals surface area contributed by atoms with Gasteiger partial charge in [-0.2, -0.15) is 10.2 Å². The van der Waals surface area contributed by atoms with E-state index >= 15 is 0 Å². The average molecular weight is 582 g/mol. The second-order valence-electron chi connectivity index (χ2n) is 10.1. The number of nitrogens with one attached hydrogen (secondary N) is 1. The number of fused-ring (bicyclic) bond motifs is 1. The lowest BCUT2D eigenvalue weighted by atomic mass is 10.0. The van der Waals surface area contributed by atoms with Gasteiger partial charge in [0.15, 0.2) is 15.6 Å². The number of rotatable bonds is 9. The van der Waals surface area contributed by atoms with Gasteiger partial charge in [-0.3, -0.25) is 14.8 Å². The molecule has 0 aliphatic heterocycles. The Hall–Kier alpha value is -3.77. The van der Waals surface area contributed by atoms with Gasteiger partial charge >= 0.3 is 0 Å². The van der Waals surface area contributed by atoms with E-state index in [0.29, 0.717) is 39.7 Å². The molecule has 3 heterocycles. The van der Waals surface area contributed by atoms with Crippen molar-refractivity contribution in [3.8, 4) is 22.8 Å². The maximum absolute atomic E-state index is 11.9. The number of ether oxygens (including phenoxy) is 1. The van der Waals surface area contributed by atoms with Gasteiger partial charge in [0.05, 0.1) is 33.5 Å². The lowest BCUT2D eigenvalue weighted by Crippen LogP contribution is -2.39. The third kappa shape index (κ3) is 6.02. The molecule has 1 unspecified atom stereocenters. The SMILES string of the molecule is CC(C)(O)C(O)Cn1ccc(Cc2[nH]nc3c(Oc4ccc(S(C)(=O)=O)cc4)cc(-c4ncccc4Cl)cc23)n1. The van der Waals surface area contributed by atoms with E-state index in [0.717, 1.165) is 23.0 Å². The lowest BCUT2D eigenvalue weighted by Gasteiger charge is -2.24. The number of hydrogen-bond donors (Lipinski definition) is 3. The first-order valence-corrected chi connectivity index (χ1v) is 14.7. The summed E-state index contributed by atoms with van der Waals surface area (Å²) in [6.07, 6.45) is 3.97. The predicted molar refractivity (Wildman–Crippen MR) is 151 cm³/mol. The standard InChI is InChI=1S/C28H28ClN5O5S/c1-28(2,36)25(35)16-34-12-10-18(33-34)15-23-21-13-17(26-22(29)5-4-11-30-26)14-24(27(21)32-31-23)39-19-6-8-20(9-7-19)40(3,37)38/h4-14,25,35-36H,15-16H2,1-3H3,(H,31,32). The highest BCUT2D eigenvalue weighted by atomic mass is 35.5. The van der Waals surface area contributed by atoms with E-state index in [4.69, 9.17) is 16.3 Å². The predicted octanol–water partition coefficient (Wildman–Crippen LogP) is 4.39. The number of benzene rings is 2. The van der Waals surface area contributed by atoms with Gasteiger partial charge in [0.1, 0.15) is 17.4 Å². The molecule has 2 aromatic carbocycles. The molecule has 3 aromatic heterocycles. The molecule has 40 heavy (non-hydrogen) atoms. The van der Waals surface area contributed by atoms with Crippen molar-refractivity contribution in [2.24, 2.45) is 0 Å². The average Bonchev–Trinajstić information content (AvgIpc) is 3.50. The summed E-state index contributed by atoms with van der Waals surface area (Å²) < 4.78 is 31.5. The fourth-order valence-corrected chi connectivity index (χ4v) is 5.01. The third-order valence-electron chi connectivity index (χ3n) is 6.44. The topological polar surface area (TPSA) is 143 Å². The number of H-pyrrole nitrogens is 1. The Morgan fingerprint density at radius 3 is 2.58 bits per heavy atom. The molecule has 10 nitrogen and oxygen atoms in total. The van der Waals surface area contributed by atoms with Crippen molar-refractivity contribution < 1.29 is 23.4 Å². The Balaban J connectivity index is 1.52. The van der Waals surface area contributed by atoms with Gasteiger partial charge in [0.25, 0.3) is 0 Å². The number of aromatic amines is 1. The molecular formula is C28H28ClN5O5S. The van der Waals surface area contributed by atoms with Crippen molar-refractivity contribution in [2.45, 2.75) is 43.4 Å². The maximum atomic E-state index is 11.9. The number of aliphatic hydroxyl groups excluding tert-OH is 1. The number of aliphatic hydroxyl groups is 2. The summed E-state index contributed by atoms with van der Waals surface area (Å²) in [5.74, 6) is 0.870. The normalized spacial score (nSPS) is 13.1. The van der Waals surface area contributed by atoms with E-state index in [1.165, 1.54) is 12.1 Å². The van der Waals surface area contributed by atoms with Crippen LogP contribution in [0.5, 0.6) is 11.5 Å². The second kappa shape index (κ2) is 10.7.